The van der Waals surface area contributed by atoms with Gasteiger partial charge in [0.1, 0.15) is 6.29 Å². The molecule has 0 aliphatic carbocycles. The van der Waals surface area contributed by atoms with E-state index in [2.05, 4.69) is 19.6 Å². The molecule has 0 aromatic rings. The Bertz CT molecular complexity index is 380. The fourth-order valence-electron chi connectivity index (χ4n) is 3.42. The third-order valence-corrected chi connectivity index (χ3v) is 4.79. The summed E-state index contributed by atoms with van der Waals surface area (Å²) in [5.41, 5.74) is 0. The lowest BCUT2D eigenvalue weighted by molar-refractivity contribution is -0.138. The fourth-order valence-corrected chi connectivity index (χ4v) is 3.42. The topological polar surface area (TPSA) is 67.3 Å². The van der Waals surface area contributed by atoms with E-state index in [1.54, 1.807) is 0 Å². The zero-order chi connectivity index (χ0) is 16.5. The summed E-state index contributed by atoms with van der Waals surface area (Å²) in [7, 11) is 0. The first-order valence-corrected chi connectivity index (χ1v) is 8.72. The number of hydrogen-bond donors (Lipinski definition) is 1. The Morgan fingerprint density at radius 3 is 1.87 bits per heavy atom. The summed E-state index contributed by atoms with van der Waals surface area (Å²) in [4.78, 5) is 31.0. The van der Waals surface area contributed by atoms with Crippen molar-refractivity contribution in [1.82, 2.24) is 19.6 Å². The molecule has 2 unspecified atom stereocenters. The monoisotopic (exact) mass is 326 g/mol. The second-order valence-electron chi connectivity index (χ2n) is 6.53. The van der Waals surface area contributed by atoms with Gasteiger partial charge in [-0.05, 0) is 32.5 Å². The van der Waals surface area contributed by atoms with Gasteiger partial charge in [0.25, 0.3) is 0 Å². The van der Waals surface area contributed by atoms with Crippen LogP contribution in [0.4, 0.5) is 0 Å². The van der Waals surface area contributed by atoms with E-state index in [4.69, 9.17) is 5.11 Å². The number of carbonyl (C=O) groups is 2. The van der Waals surface area contributed by atoms with Crippen LogP contribution in [0, 0.1) is 0 Å². The van der Waals surface area contributed by atoms with Gasteiger partial charge in [-0.3, -0.25) is 14.6 Å². The Morgan fingerprint density at radius 2 is 1.30 bits per heavy atom. The van der Waals surface area contributed by atoms with E-state index in [0.29, 0.717) is 6.54 Å². The maximum atomic E-state index is 11.0. The standard InChI is InChI=1S/C16H30N4O3/c21-14-13-19-5-1-3-18-8-7-17(9-10-19)4-2-6-20(12-11-18)15-16(22)23/h14H,1-13,15H2,(H,22,23). The van der Waals surface area contributed by atoms with Crippen LogP contribution in [0.15, 0.2) is 0 Å². The molecule has 2 atom stereocenters. The van der Waals surface area contributed by atoms with Crippen LogP contribution in [0.25, 0.3) is 0 Å². The van der Waals surface area contributed by atoms with Crippen LogP contribution in [0.3, 0.4) is 0 Å². The van der Waals surface area contributed by atoms with Crippen molar-refractivity contribution in [3.8, 4) is 0 Å². The first-order chi connectivity index (χ1) is 11.2. The molecule has 2 saturated heterocycles. The number of carbonyl (C=O) groups excluding carboxylic acids is 1. The van der Waals surface area contributed by atoms with E-state index < -0.39 is 5.97 Å². The lowest BCUT2D eigenvalue weighted by atomic mass is 10.2. The fraction of sp³-hybridized carbons (Fsp3) is 0.875. The van der Waals surface area contributed by atoms with Gasteiger partial charge < -0.3 is 19.7 Å². The number of carboxylic acids is 1. The van der Waals surface area contributed by atoms with Crippen molar-refractivity contribution in [2.45, 2.75) is 12.8 Å². The molecule has 0 radical (unpaired) electrons. The quantitative estimate of drug-likeness (QED) is 0.684. The summed E-state index contributed by atoms with van der Waals surface area (Å²) in [6.45, 7) is 10.3. The van der Waals surface area contributed by atoms with Gasteiger partial charge in [-0.25, -0.2) is 0 Å². The molecule has 132 valence electrons. The van der Waals surface area contributed by atoms with Crippen molar-refractivity contribution >= 4 is 12.3 Å². The Kier molecular flexibility index (Phi) is 7.94. The molecule has 2 fully saturated rings. The number of rotatable bonds is 4. The summed E-state index contributed by atoms with van der Waals surface area (Å²) in [5.74, 6) is -0.740. The van der Waals surface area contributed by atoms with Gasteiger partial charge in [-0.15, -0.1) is 0 Å². The largest absolute Gasteiger partial charge is 0.480 e. The highest BCUT2D eigenvalue weighted by molar-refractivity contribution is 5.69. The summed E-state index contributed by atoms with van der Waals surface area (Å²) < 4.78 is 0. The van der Waals surface area contributed by atoms with Crippen molar-refractivity contribution in [1.29, 1.82) is 0 Å². The van der Waals surface area contributed by atoms with Gasteiger partial charge >= 0.3 is 5.97 Å². The van der Waals surface area contributed by atoms with Gasteiger partial charge in [-0.2, -0.15) is 0 Å². The highest BCUT2D eigenvalue weighted by Gasteiger charge is 2.18. The van der Waals surface area contributed by atoms with E-state index in [9.17, 15) is 9.59 Å². The molecule has 2 aliphatic rings. The SMILES string of the molecule is O=CCN1CCCN2CCN(CCCN(CC(=O)O)CC2)CC1. The molecule has 2 aliphatic heterocycles. The lowest BCUT2D eigenvalue weighted by Crippen LogP contribution is -2.47. The third-order valence-electron chi connectivity index (χ3n) is 4.79. The van der Waals surface area contributed by atoms with Crippen LogP contribution in [0.2, 0.25) is 0 Å². The molecule has 7 nitrogen and oxygen atoms in total. The minimum Gasteiger partial charge on any atom is -0.480 e. The number of fused-ring (bicyclic) bond motifs is 3. The number of hydrogen-bond acceptors (Lipinski definition) is 6. The van der Waals surface area contributed by atoms with Crippen molar-refractivity contribution in [2.75, 3.05) is 78.5 Å². The van der Waals surface area contributed by atoms with Gasteiger partial charge in [0.2, 0.25) is 0 Å². The second kappa shape index (κ2) is 9.97. The molecule has 0 aromatic carbocycles. The van der Waals surface area contributed by atoms with Crippen molar-refractivity contribution in [3.05, 3.63) is 0 Å². The van der Waals surface area contributed by atoms with Gasteiger partial charge in [-0.1, -0.05) is 0 Å². The van der Waals surface area contributed by atoms with E-state index in [-0.39, 0.29) is 6.54 Å². The van der Waals surface area contributed by atoms with Crippen molar-refractivity contribution in [2.24, 2.45) is 0 Å². The Morgan fingerprint density at radius 1 is 0.783 bits per heavy atom. The molecular weight excluding hydrogens is 296 g/mol. The molecule has 23 heavy (non-hydrogen) atoms. The van der Waals surface area contributed by atoms with Crippen LogP contribution in [0.1, 0.15) is 12.8 Å². The number of aldehydes is 1. The number of aliphatic carboxylic acids is 1. The van der Waals surface area contributed by atoms with Crippen LogP contribution in [0.5, 0.6) is 0 Å². The van der Waals surface area contributed by atoms with E-state index in [1.165, 1.54) is 0 Å². The van der Waals surface area contributed by atoms with E-state index >= 15 is 0 Å². The van der Waals surface area contributed by atoms with Gasteiger partial charge in [0.15, 0.2) is 0 Å². The average molecular weight is 326 g/mol. The van der Waals surface area contributed by atoms with E-state index in [0.717, 1.165) is 84.6 Å². The molecule has 1 N–H and O–H groups in total. The summed E-state index contributed by atoms with van der Waals surface area (Å²) >= 11 is 0. The van der Waals surface area contributed by atoms with Crippen molar-refractivity contribution in [3.63, 3.8) is 0 Å². The molecule has 2 bridgehead atoms. The Balaban J connectivity index is 1.96. The molecular formula is C16H30N4O3. The maximum Gasteiger partial charge on any atom is 0.317 e. The highest BCUT2D eigenvalue weighted by Crippen LogP contribution is 2.05. The molecule has 0 aromatic heterocycles. The minimum atomic E-state index is -0.740. The van der Waals surface area contributed by atoms with Crippen LogP contribution in [-0.4, -0.2) is 115 Å². The normalized spacial score (nSPS) is 29.0. The summed E-state index contributed by atoms with van der Waals surface area (Å²) in [6, 6.07) is 0. The number of carboxylic acid groups (broad SMARTS) is 1. The highest BCUT2D eigenvalue weighted by atomic mass is 16.4. The third kappa shape index (κ3) is 6.95. The Hall–Kier alpha value is -1.02. The van der Waals surface area contributed by atoms with E-state index in [1.807, 2.05) is 0 Å². The first-order valence-electron chi connectivity index (χ1n) is 8.72. The smallest absolute Gasteiger partial charge is 0.317 e. The molecule has 0 spiro atoms. The minimum absolute atomic E-state index is 0.140. The Labute approximate surface area is 138 Å². The molecule has 0 amide bonds. The number of nitrogens with zero attached hydrogens (tertiary/aromatic N) is 4. The maximum absolute atomic E-state index is 11.0. The van der Waals surface area contributed by atoms with Crippen molar-refractivity contribution < 1.29 is 14.7 Å². The van der Waals surface area contributed by atoms with Gasteiger partial charge in [0.05, 0.1) is 13.1 Å². The van der Waals surface area contributed by atoms with Crippen LogP contribution in [-0.2, 0) is 9.59 Å². The van der Waals surface area contributed by atoms with Gasteiger partial charge in [0, 0.05) is 45.8 Å². The second-order valence-corrected chi connectivity index (χ2v) is 6.53. The zero-order valence-electron chi connectivity index (χ0n) is 14.0. The first kappa shape index (κ1) is 18.3. The average Bonchev–Trinajstić information content (AvgIpc) is 2.52. The summed E-state index contributed by atoms with van der Waals surface area (Å²) in [6.07, 6.45) is 3.06. The van der Waals surface area contributed by atoms with Crippen LogP contribution < -0.4 is 0 Å². The zero-order valence-corrected chi connectivity index (χ0v) is 14.0. The molecule has 2 heterocycles. The molecule has 7 heteroatoms. The summed E-state index contributed by atoms with van der Waals surface area (Å²) in [5, 5.41) is 9.05. The molecule has 0 saturated carbocycles. The predicted octanol–water partition coefficient (Wildman–Crippen LogP) is -0.715. The van der Waals surface area contributed by atoms with Crippen LogP contribution >= 0.6 is 0 Å². The predicted molar refractivity (Wildman–Crippen MR) is 88.7 cm³/mol. The molecule has 2 rings (SSSR count). The lowest BCUT2D eigenvalue weighted by Gasteiger charge is -2.35.